The lowest BCUT2D eigenvalue weighted by atomic mass is 9.87. The number of ether oxygens (including phenoxy) is 1. The molecular formula is C16H21NO2. The molecule has 0 spiro atoms. The van der Waals surface area contributed by atoms with Crippen molar-refractivity contribution in [3.05, 3.63) is 47.9 Å². The zero-order chi connectivity index (χ0) is 13.9. The molecule has 0 aliphatic carbocycles. The van der Waals surface area contributed by atoms with E-state index in [1.807, 2.05) is 12.1 Å². The van der Waals surface area contributed by atoms with E-state index in [0.717, 1.165) is 23.5 Å². The molecule has 2 aromatic rings. The number of benzene rings is 1. The molecular weight excluding hydrogens is 238 g/mol. The molecule has 0 saturated carbocycles. The lowest BCUT2D eigenvalue weighted by Gasteiger charge is -2.21. The minimum Gasteiger partial charge on any atom is -0.495 e. The van der Waals surface area contributed by atoms with E-state index in [4.69, 9.17) is 9.15 Å². The number of furan rings is 1. The molecule has 102 valence electrons. The van der Waals surface area contributed by atoms with Crippen molar-refractivity contribution in [2.24, 2.45) is 0 Å². The summed E-state index contributed by atoms with van der Waals surface area (Å²) in [5, 5.41) is 3.39. The summed E-state index contributed by atoms with van der Waals surface area (Å²) in [6.45, 7) is 7.33. The largest absolute Gasteiger partial charge is 0.495 e. The highest BCUT2D eigenvalue weighted by Gasteiger charge is 2.15. The van der Waals surface area contributed by atoms with Crippen LogP contribution in [-0.4, -0.2) is 7.11 Å². The second-order valence-electron chi connectivity index (χ2n) is 5.65. The quantitative estimate of drug-likeness (QED) is 0.893. The normalized spacial score (nSPS) is 11.4. The van der Waals surface area contributed by atoms with Gasteiger partial charge in [-0.05, 0) is 29.2 Å². The zero-order valence-corrected chi connectivity index (χ0v) is 12.0. The summed E-state index contributed by atoms with van der Waals surface area (Å²) in [6, 6.07) is 8.23. The standard InChI is InChI=1S/C16H21NO2/c1-16(2,3)13-5-6-15(18-4)14(9-13)17-10-12-7-8-19-11-12/h5-9,11,17H,10H2,1-4H3. The predicted octanol–water partition coefficient (Wildman–Crippen LogP) is 4.20. The van der Waals surface area contributed by atoms with Crippen molar-refractivity contribution >= 4 is 5.69 Å². The minimum atomic E-state index is 0.123. The van der Waals surface area contributed by atoms with Crippen LogP contribution in [0.2, 0.25) is 0 Å². The number of nitrogens with one attached hydrogen (secondary N) is 1. The summed E-state index contributed by atoms with van der Waals surface area (Å²) >= 11 is 0. The van der Waals surface area contributed by atoms with Gasteiger partial charge in [-0.1, -0.05) is 26.8 Å². The van der Waals surface area contributed by atoms with Gasteiger partial charge in [0.05, 0.1) is 25.3 Å². The van der Waals surface area contributed by atoms with Gasteiger partial charge in [0.2, 0.25) is 0 Å². The van der Waals surface area contributed by atoms with Gasteiger partial charge in [0.1, 0.15) is 5.75 Å². The van der Waals surface area contributed by atoms with Gasteiger partial charge in [0, 0.05) is 12.1 Å². The second-order valence-corrected chi connectivity index (χ2v) is 5.65. The molecule has 0 aliphatic rings. The molecule has 0 amide bonds. The van der Waals surface area contributed by atoms with Crippen LogP contribution in [0.15, 0.2) is 41.2 Å². The second kappa shape index (κ2) is 5.39. The van der Waals surface area contributed by atoms with Crippen molar-refractivity contribution in [3.8, 4) is 5.75 Å². The average molecular weight is 259 g/mol. The van der Waals surface area contributed by atoms with Gasteiger partial charge in [-0.15, -0.1) is 0 Å². The highest BCUT2D eigenvalue weighted by molar-refractivity contribution is 5.59. The molecule has 3 heteroatoms. The molecule has 0 atom stereocenters. The van der Waals surface area contributed by atoms with Crippen LogP contribution in [0.25, 0.3) is 0 Å². The Bertz CT molecular complexity index is 524. The molecule has 0 aliphatic heterocycles. The maximum atomic E-state index is 5.40. The van der Waals surface area contributed by atoms with Crippen LogP contribution >= 0.6 is 0 Å². The molecule has 3 nitrogen and oxygen atoms in total. The van der Waals surface area contributed by atoms with E-state index in [0.29, 0.717) is 0 Å². The maximum Gasteiger partial charge on any atom is 0.141 e. The van der Waals surface area contributed by atoms with Gasteiger partial charge in [-0.3, -0.25) is 0 Å². The Morgan fingerprint density at radius 2 is 2.00 bits per heavy atom. The SMILES string of the molecule is COc1ccc(C(C)(C)C)cc1NCc1ccoc1. The summed E-state index contributed by atoms with van der Waals surface area (Å²) in [4.78, 5) is 0. The number of hydrogen-bond acceptors (Lipinski definition) is 3. The van der Waals surface area contributed by atoms with Crippen LogP contribution in [0.3, 0.4) is 0 Å². The molecule has 2 rings (SSSR count). The van der Waals surface area contributed by atoms with Crippen molar-refractivity contribution in [1.82, 2.24) is 0 Å². The molecule has 1 aromatic heterocycles. The molecule has 19 heavy (non-hydrogen) atoms. The van der Waals surface area contributed by atoms with Gasteiger partial charge >= 0.3 is 0 Å². The summed E-state index contributed by atoms with van der Waals surface area (Å²) in [7, 11) is 1.69. The fraction of sp³-hybridized carbons (Fsp3) is 0.375. The first-order valence-electron chi connectivity index (χ1n) is 6.44. The molecule has 0 bridgehead atoms. The van der Waals surface area contributed by atoms with Crippen LogP contribution in [0, 0.1) is 0 Å². The van der Waals surface area contributed by atoms with Crippen molar-refractivity contribution in [3.63, 3.8) is 0 Å². The van der Waals surface area contributed by atoms with Gasteiger partial charge in [-0.25, -0.2) is 0 Å². The Labute approximate surface area is 114 Å². The molecule has 1 heterocycles. The van der Waals surface area contributed by atoms with Crippen molar-refractivity contribution < 1.29 is 9.15 Å². The number of rotatable bonds is 4. The summed E-state index contributed by atoms with van der Waals surface area (Å²) in [6.07, 6.45) is 3.42. The first-order chi connectivity index (χ1) is 9.00. The van der Waals surface area contributed by atoms with Gasteiger partial charge in [0.15, 0.2) is 0 Å². The topological polar surface area (TPSA) is 34.4 Å². The van der Waals surface area contributed by atoms with Crippen molar-refractivity contribution in [2.45, 2.75) is 32.7 Å². The van der Waals surface area contributed by atoms with E-state index < -0.39 is 0 Å². The molecule has 0 radical (unpaired) electrons. The zero-order valence-electron chi connectivity index (χ0n) is 12.0. The Hall–Kier alpha value is -1.90. The number of methoxy groups -OCH3 is 1. The molecule has 0 fully saturated rings. The Kier molecular flexibility index (Phi) is 3.84. The van der Waals surface area contributed by atoms with E-state index in [1.165, 1.54) is 5.56 Å². The number of anilines is 1. The van der Waals surface area contributed by atoms with Crippen LogP contribution in [0.4, 0.5) is 5.69 Å². The predicted molar refractivity (Wildman–Crippen MR) is 77.7 cm³/mol. The maximum absolute atomic E-state index is 5.40. The van der Waals surface area contributed by atoms with Gasteiger partial charge < -0.3 is 14.5 Å². The monoisotopic (exact) mass is 259 g/mol. The van der Waals surface area contributed by atoms with Crippen LogP contribution in [0.5, 0.6) is 5.75 Å². The van der Waals surface area contributed by atoms with Crippen LogP contribution in [-0.2, 0) is 12.0 Å². The average Bonchev–Trinajstić information content (AvgIpc) is 2.88. The fourth-order valence-electron chi connectivity index (χ4n) is 1.90. The molecule has 0 saturated heterocycles. The lowest BCUT2D eigenvalue weighted by molar-refractivity contribution is 0.416. The van der Waals surface area contributed by atoms with E-state index >= 15 is 0 Å². The van der Waals surface area contributed by atoms with E-state index in [9.17, 15) is 0 Å². The number of hydrogen-bond donors (Lipinski definition) is 1. The lowest BCUT2D eigenvalue weighted by Crippen LogP contribution is -2.12. The van der Waals surface area contributed by atoms with E-state index in [1.54, 1.807) is 19.6 Å². The van der Waals surface area contributed by atoms with Crippen LogP contribution < -0.4 is 10.1 Å². The third-order valence-corrected chi connectivity index (χ3v) is 3.13. The first kappa shape index (κ1) is 13.5. The highest BCUT2D eigenvalue weighted by atomic mass is 16.5. The van der Waals surface area contributed by atoms with Gasteiger partial charge in [-0.2, -0.15) is 0 Å². The molecule has 0 unspecified atom stereocenters. The smallest absolute Gasteiger partial charge is 0.141 e. The van der Waals surface area contributed by atoms with E-state index in [-0.39, 0.29) is 5.41 Å². The fourth-order valence-corrected chi connectivity index (χ4v) is 1.90. The van der Waals surface area contributed by atoms with E-state index in [2.05, 4.69) is 38.2 Å². The van der Waals surface area contributed by atoms with Crippen molar-refractivity contribution in [2.75, 3.05) is 12.4 Å². The molecule has 1 N–H and O–H groups in total. The van der Waals surface area contributed by atoms with Crippen LogP contribution in [0.1, 0.15) is 31.9 Å². The third-order valence-electron chi connectivity index (χ3n) is 3.13. The van der Waals surface area contributed by atoms with Gasteiger partial charge in [0.25, 0.3) is 0 Å². The highest BCUT2D eigenvalue weighted by Crippen LogP contribution is 2.31. The summed E-state index contributed by atoms with van der Waals surface area (Å²) in [5.41, 5.74) is 3.53. The third kappa shape index (κ3) is 3.31. The Balaban J connectivity index is 2.21. The first-order valence-corrected chi connectivity index (χ1v) is 6.44. The Morgan fingerprint density at radius 3 is 2.58 bits per heavy atom. The molecule has 1 aromatic carbocycles. The summed E-state index contributed by atoms with van der Waals surface area (Å²) < 4.78 is 10.5. The summed E-state index contributed by atoms with van der Waals surface area (Å²) in [5.74, 6) is 0.858. The minimum absolute atomic E-state index is 0.123. The Morgan fingerprint density at radius 1 is 1.21 bits per heavy atom. The van der Waals surface area contributed by atoms with Crippen molar-refractivity contribution in [1.29, 1.82) is 0 Å².